The zero-order valence-corrected chi connectivity index (χ0v) is 50.3. The number of pyridine rings is 2. The topological polar surface area (TPSA) is 124 Å². The third-order valence-electron chi connectivity index (χ3n) is 16.0. The first-order valence-corrected chi connectivity index (χ1v) is 30.6. The van der Waals surface area contributed by atoms with Crippen molar-refractivity contribution < 1.29 is 46.2 Å². The van der Waals surface area contributed by atoms with Gasteiger partial charge in [-0.15, -0.1) is 0 Å². The minimum absolute atomic E-state index is 0.0239. The Kier molecular flexibility index (Phi) is 21.4. The number of carbonyl (C=O) groups excluding carboxylic acids is 3. The lowest BCUT2D eigenvalue weighted by Crippen LogP contribution is -2.46. The summed E-state index contributed by atoms with van der Waals surface area (Å²) in [6, 6.07) is 53.5. The number of carbonyl (C=O) groups is 4. The van der Waals surface area contributed by atoms with Crippen LogP contribution in [-0.2, 0) is 20.4 Å². The highest BCUT2D eigenvalue weighted by Crippen LogP contribution is 2.52. The van der Waals surface area contributed by atoms with Crippen molar-refractivity contribution in [2.75, 3.05) is 42.5 Å². The third-order valence-corrected chi connectivity index (χ3v) is 18.0. The predicted octanol–water partition coefficient (Wildman–Crippen LogP) is 16.5. The van der Waals surface area contributed by atoms with Crippen LogP contribution in [0.5, 0.6) is 0 Å². The molecule has 12 rings (SSSR count). The molecular weight excluding hydrogens is 1160 g/mol. The molecule has 1 aliphatic carbocycles. The molecule has 4 aliphatic rings. The number of aryl methyl sites for hydroxylation is 2. The largest absolute Gasteiger partial charge is 0.490 e. The lowest BCUT2D eigenvalue weighted by molar-refractivity contribution is -0.192. The lowest BCUT2D eigenvalue weighted by Gasteiger charge is -2.39. The van der Waals surface area contributed by atoms with Crippen LogP contribution < -0.4 is 9.80 Å². The van der Waals surface area contributed by atoms with E-state index in [1.807, 2.05) is 96.4 Å². The fourth-order valence-electron chi connectivity index (χ4n) is 11.6. The van der Waals surface area contributed by atoms with Gasteiger partial charge in [-0.1, -0.05) is 122 Å². The second-order valence-corrected chi connectivity index (χ2v) is 24.4. The number of carboxylic acid groups (broad SMARTS) is 1. The molecule has 1 saturated heterocycles. The molecule has 6 aromatic carbocycles. The van der Waals surface area contributed by atoms with E-state index >= 15 is 0 Å². The van der Waals surface area contributed by atoms with E-state index in [9.17, 15) is 36.3 Å². The Labute approximate surface area is 518 Å². The number of carboxylic acids is 1. The van der Waals surface area contributed by atoms with E-state index in [2.05, 4.69) is 87.7 Å². The van der Waals surface area contributed by atoms with Crippen LogP contribution in [0.15, 0.2) is 214 Å². The van der Waals surface area contributed by atoms with E-state index < -0.39 is 12.1 Å². The van der Waals surface area contributed by atoms with Crippen LogP contribution in [0.2, 0.25) is 0 Å². The number of anilines is 2. The highest BCUT2D eigenvalue weighted by molar-refractivity contribution is 7.99. The van der Waals surface area contributed by atoms with Gasteiger partial charge in [0.15, 0.2) is 0 Å². The molecule has 2 aromatic heterocycles. The Morgan fingerprint density at radius 2 is 0.977 bits per heavy atom. The molecular formula is C71H66F5N5O5S2. The van der Waals surface area contributed by atoms with E-state index in [4.69, 9.17) is 9.90 Å². The number of aliphatic carboxylic acids is 1. The first kappa shape index (κ1) is 64.0. The van der Waals surface area contributed by atoms with Gasteiger partial charge in [-0.05, 0) is 190 Å². The summed E-state index contributed by atoms with van der Waals surface area (Å²) in [5.41, 5.74) is 9.83. The smallest absolute Gasteiger partial charge is 0.475 e. The average molecular weight is 1230 g/mol. The van der Waals surface area contributed by atoms with Gasteiger partial charge in [0.2, 0.25) is 0 Å². The minimum Gasteiger partial charge on any atom is -0.475 e. The van der Waals surface area contributed by atoms with Crippen molar-refractivity contribution in [3.63, 3.8) is 0 Å². The number of likely N-dealkylation sites (tertiary alicyclic amines) is 1. The fraction of sp³-hybridized carbons (Fsp3) is 0.239. The number of piperidine rings is 1. The van der Waals surface area contributed by atoms with Gasteiger partial charge < -0.3 is 14.9 Å². The van der Waals surface area contributed by atoms with Crippen molar-refractivity contribution >= 4 is 71.1 Å². The van der Waals surface area contributed by atoms with Crippen molar-refractivity contribution in [3.05, 3.63) is 251 Å². The van der Waals surface area contributed by atoms with Crippen LogP contribution in [0.3, 0.4) is 0 Å². The molecule has 452 valence electrons. The number of aromatic nitrogens is 2. The summed E-state index contributed by atoms with van der Waals surface area (Å²) in [6.45, 7) is 8.12. The van der Waals surface area contributed by atoms with Crippen LogP contribution in [0.25, 0.3) is 12.2 Å². The maximum absolute atomic E-state index is 13.8. The first-order valence-electron chi connectivity index (χ1n) is 29.0. The summed E-state index contributed by atoms with van der Waals surface area (Å²) in [6.07, 6.45) is 14.7. The maximum atomic E-state index is 13.8. The number of rotatable bonds is 11. The molecule has 8 aromatic rings. The fourth-order valence-corrected chi connectivity index (χ4v) is 13.3. The highest BCUT2D eigenvalue weighted by Gasteiger charge is 2.48. The summed E-state index contributed by atoms with van der Waals surface area (Å²) >= 11 is 3.27. The summed E-state index contributed by atoms with van der Waals surface area (Å²) in [7, 11) is 0. The zero-order valence-electron chi connectivity index (χ0n) is 48.7. The minimum atomic E-state index is -5.08. The van der Waals surface area contributed by atoms with Gasteiger partial charge in [0.25, 0.3) is 11.8 Å². The van der Waals surface area contributed by atoms with Gasteiger partial charge in [-0.2, -0.15) is 13.2 Å². The number of nitrogens with zero attached hydrogens (tertiary/aromatic N) is 5. The van der Waals surface area contributed by atoms with Gasteiger partial charge in [-0.3, -0.25) is 29.3 Å². The predicted molar refractivity (Wildman–Crippen MR) is 338 cm³/mol. The van der Waals surface area contributed by atoms with Gasteiger partial charge in [0.1, 0.15) is 17.9 Å². The Bertz CT molecular complexity index is 3760. The molecule has 10 nitrogen and oxygen atoms in total. The summed E-state index contributed by atoms with van der Waals surface area (Å²) in [5, 5.41) is 7.12. The second kappa shape index (κ2) is 29.5. The summed E-state index contributed by atoms with van der Waals surface area (Å²) < 4.78 is 58.5. The molecule has 3 aliphatic heterocycles. The van der Waals surface area contributed by atoms with E-state index in [1.54, 1.807) is 54.1 Å². The Morgan fingerprint density at radius 1 is 0.557 bits per heavy atom. The number of hydrogen-bond donors (Lipinski definition) is 1. The van der Waals surface area contributed by atoms with Crippen LogP contribution in [0.4, 0.5) is 33.3 Å². The second-order valence-electron chi connectivity index (χ2n) is 22.1. The number of aldehydes is 1. The SMILES string of the molecule is Cc1cc(C(=O)N2CC3(CCCCC3)c3cc(Sc4ccc(F)cc4)ccc32)ccn1.Cc1cc(C(=O)N2CC3(CCN(C/C=C/c4ccccc4)CC3)c3cc(Sc4ccc(F)cc4)ccc32)ccn1.O=C(O)C(F)(F)F.O=C/C=C/c1ccccc1. The van der Waals surface area contributed by atoms with Gasteiger partial charge in [0.05, 0.1) is 0 Å². The molecule has 0 radical (unpaired) electrons. The number of alkyl halides is 3. The number of allylic oxidation sites excluding steroid dienone is 1. The standard InChI is InChI=1S/C34H32FN3OS.C26H25FN2OS.C9H8O.C2HF3O2/c1-25-22-27(15-18-36-25)33(39)38-24-34(16-20-37(21-17-34)19-5-8-26-6-3-2-4-7-26)31-23-30(13-14-32(31)38)40-29-11-9-28(35)10-12-29;1-18-15-19(11-14-28-18)25(30)29-17-26(12-3-2-4-13-26)23-16-22(9-10-24(23)29)31-21-7-5-20(27)6-8-21;10-8-4-7-9-5-2-1-3-6-9;3-2(4,5)1(6)7/h2-15,18,22-23H,16-17,19-21,24H2,1H3;5-11,14-16H,2-4,12-13,17H2,1H3;1-8H;(H,6,7)/b8-5+;;7-4+;. The molecule has 88 heavy (non-hydrogen) atoms. The van der Waals surface area contributed by atoms with Crippen molar-refractivity contribution in [2.45, 2.75) is 95.4 Å². The Balaban J connectivity index is 0.000000168. The van der Waals surface area contributed by atoms with E-state index in [0.717, 1.165) is 106 Å². The van der Waals surface area contributed by atoms with Crippen molar-refractivity contribution in [3.8, 4) is 0 Å². The molecule has 17 heteroatoms. The normalized spacial score (nSPS) is 15.5. The number of fused-ring (bicyclic) bond motifs is 4. The summed E-state index contributed by atoms with van der Waals surface area (Å²) in [5.74, 6) is -3.14. The zero-order chi connectivity index (χ0) is 62.3. The molecule has 0 unspecified atom stereocenters. The molecule has 2 fully saturated rings. The average Bonchev–Trinajstić information content (AvgIpc) is 2.98. The maximum Gasteiger partial charge on any atom is 0.490 e. The van der Waals surface area contributed by atoms with Gasteiger partial charge >= 0.3 is 12.1 Å². The first-order chi connectivity index (χ1) is 42.4. The molecule has 1 N–H and O–H groups in total. The number of halogens is 5. The van der Waals surface area contributed by atoms with Crippen LogP contribution >= 0.6 is 23.5 Å². The molecule has 2 amide bonds. The van der Waals surface area contributed by atoms with Crippen LogP contribution in [-0.4, -0.2) is 82.9 Å². The number of benzene rings is 6. The number of amides is 2. The van der Waals surface area contributed by atoms with Crippen molar-refractivity contribution in [1.82, 2.24) is 14.9 Å². The number of hydrogen-bond acceptors (Lipinski definition) is 9. The highest BCUT2D eigenvalue weighted by atomic mass is 32.2. The molecule has 1 saturated carbocycles. The third kappa shape index (κ3) is 16.6. The molecule has 0 atom stereocenters. The van der Waals surface area contributed by atoms with E-state index in [0.29, 0.717) is 17.7 Å². The Hall–Kier alpha value is -8.51. The molecule has 0 bridgehead atoms. The van der Waals surface area contributed by atoms with Crippen molar-refractivity contribution in [2.24, 2.45) is 0 Å². The summed E-state index contributed by atoms with van der Waals surface area (Å²) in [4.78, 5) is 65.2. The monoisotopic (exact) mass is 1230 g/mol. The molecule has 2 spiro atoms. The van der Waals surface area contributed by atoms with Gasteiger partial charge in [-0.25, -0.2) is 13.6 Å². The van der Waals surface area contributed by atoms with Crippen molar-refractivity contribution in [1.29, 1.82) is 0 Å². The van der Waals surface area contributed by atoms with Gasteiger partial charge in [0, 0.05) is 96.3 Å². The quantitative estimate of drug-likeness (QED) is 0.0760. The lowest BCUT2D eigenvalue weighted by atomic mass is 9.71. The van der Waals surface area contributed by atoms with E-state index in [1.165, 1.54) is 66.3 Å². The van der Waals surface area contributed by atoms with Crippen LogP contribution in [0.1, 0.15) is 99.3 Å². The Morgan fingerprint density at radius 3 is 1.40 bits per heavy atom. The van der Waals surface area contributed by atoms with E-state index in [-0.39, 0.29) is 34.3 Å². The molecule has 5 heterocycles. The van der Waals surface area contributed by atoms with Crippen LogP contribution in [0, 0.1) is 25.5 Å².